The number of hydrogen-bond donors (Lipinski definition) is 2. The third kappa shape index (κ3) is 4.96. The lowest BCUT2D eigenvalue weighted by Gasteiger charge is -2.23. The molecular formula is C30H23ClN2O5. The van der Waals surface area contributed by atoms with Crippen LogP contribution >= 0.6 is 0 Å². The maximum atomic E-state index is 11.6. The molecule has 2 N–H and O–H groups in total. The third-order valence-electron chi connectivity index (χ3n) is 6.49. The van der Waals surface area contributed by atoms with Gasteiger partial charge in [0.15, 0.2) is 6.21 Å². The van der Waals surface area contributed by atoms with Crippen LogP contribution in [0.4, 0.5) is 11.4 Å². The monoisotopic (exact) mass is 526 g/mol. The van der Waals surface area contributed by atoms with Gasteiger partial charge in [-0.25, -0.2) is 14.6 Å². The van der Waals surface area contributed by atoms with Gasteiger partial charge in [-0.2, -0.15) is 0 Å². The molecule has 0 spiro atoms. The molecule has 0 amide bonds. The van der Waals surface area contributed by atoms with Crippen LogP contribution in [0.1, 0.15) is 17.5 Å². The second-order valence-electron chi connectivity index (χ2n) is 8.85. The van der Waals surface area contributed by atoms with E-state index in [-0.39, 0.29) is 23.7 Å². The van der Waals surface area contributed by atoms with Gasteiger partial charge in [0.05, 0.1) is 12.8 Å². The number of rotatable bonds is 5. The fourth-order valence-corrected chi connectivity index (χ4v) is 4.63. The van der Waals surface area contributed by atoms with Gasteiger partial charge in [0, 0.05) is 51.9 Å². The van der Waals surface area contributed by atoms with Crippen molar-refractivity contribution < 1.29 is 31.0 Å². The second kappa shape index (κ2) is 10.4. The molecule has 2 aromatic heterocycles. The Labute approximate surface area is 223 Å². The van der Waals surface area contributed by atoms with E-state index in [4.69, 9.17) is 13.6 Å². The number of nitrogens with one attached hydrogen (secondary N) is 2. The van der Waals surface area contributed by atoms with Crippen molar-refractivity contribution in [2.45, 2.75) is 12.8 Å². The van der Waals surface area contributed by atoms with Gasteiger partial charge >= 0.3 is 11.3 Å². The van der Waals surface area contributed by atoms with E-state index in [1.54, 1.807) is 31.4 Å². The molecule has 0 fully saturated rings. The molecule has 0 radical (unpaired) electrons. The van der Waals surface area contributed by atoms with E-state index in [1.165, 1.54) is 17.7 Å². The van der Waals surface area contributed by atoms with Gasteiger partial charge < -0.3 is 31.3 Å². The summed E-state index contributed by atoms with van der Waals surface area (Å²) in [6, 6.07) is 23.7. The Hall–Kier alpha value is -4.62. The van der Waals surface area contributed by atoms with E-state index in [0.717, 1.165) is 57.6 Å². The maximum absolute atomic E-state index is 11.6. The zero-order valence-electron chi connectivity index (χ0n) is 20.4. The minimum absolute atomic E-state index is 0. The highest BCUT2D eigenvalue weighted by atomic mass is 35.5. The van der Waals surface area contributed by atoms with E-state index in [0.29, 0.717) is 11.2 Å². The van der Waals surface area contributed by atoms with E-state index in [9.17, 15) is 9.59 Å². The van der Waals surface area contributed by atoms with Gasteiger partial charge in [-0.15, -0.1) is 0 Å². The molecule has 2 heterocycles. The van der Waals surface area contributed by atoms with Crippen LogP contribution in [-0.2, 0) is 6.42 Å². The fourth-order valence-electron chi connectivity index (χ4n) is 4.63. The predicted octanol–water partition coefficient (Wildman–Crippen LogP) is 1.16. The van der Waals surface area contributed by atoms with E-state index < -0.39 is 0 Å². The third-order valence-corrected chi connectivity index (χ3v) is 6.49. The molecule has 190 valence electrons. The highest BCUT2D eigenvalue weighted by Crippen LogP contribution is 2.34. The SMILES string of the molecule is COc1ccc2c(c1)CCC(C=[NH+]c1ccc3oc(=O)ccc3c1)=C2Nc1ccc2oc(=O)ccc2c1.[Cl-]. The normalized spacial score (nSPS) is 13.0. The van der Waals surface area contributed by atoms with E-state index in [1.807, 2.05) is 36.5 Å². The molecule has 0 saturated heterocycles. The molecule has 5 aromatic rings. The summed E-state index contributed by atoms with van der Waals surface area (Å²) in [4.78, 5) is 26.5. The van der Waals surface area contributed by atoms with Gasteiger partial charge in [-0.05, 0) is 73.0 Å². The number of allylic oxidation sites excluding steroid dienone is 1. The summed E-state index contributed by atoms with van der Waals surface area (Å²) in [6.45, 7) is 0. The first-order chi connectivity index (χ1) is 18.1. The summed E-state index contributed by atoms with van der Waals surface area (Å²) < 4.78 is 16.0. The van der Waals surface area contributed by atoms with Crippen molar-refractivity contribution in [3.63, 3.8) is 0 Å². The van der Waals surface area contributed by atoms with Crippen LogP contribution in [0.15, 0.2) is 103 Å². The summed E-state index contributed by atoms with van der Waals surface area (Å²) >= 11 is 0. The molecule has 0 aliphatic heterocycles. The molecule has 7 nitrogen and oxygen atoms in total. The molecule has 8 heteroatoms. The Kier molecular flexibility index (Phi) is 6.85. The molecule has 0 saturated carbocycles. The Morgan fingerprint density at radius 2 is 1.53 bits per heavy atom. The van der Waals surface area contributed by atoms with Crippen molar-refractivity contribution in [2.24, 2.45) is 0 Å². The van der Waals surface area contributed by atoms with Crippen LogP contribution in [0.5, 0.6) is 5.75 Å². The van der Waals surface area contributed by atoms with Crippen molar-refractivity contribution >= 4 is 45.2 Å². The smallest absolute Gasteiger partial charge is 0.336 e. The van der Waals surface area contributed by atoms with Crippen LogP contribution in [-0.4, -0.2) is 13.3 Å². The van der Waals surface area contributed by atoms with Gasteiger partial charge in [0.25, 0.3) is 0 Å². The van der Waals surface area contributed by atoms with Crippen molar-refractivity contribution in [1.29, 1.82) is 0 Å². The molecule has 38 heavy (non-hydrogen) atoms. The quantitative estimate of drug-likeness (QED) is 0.264. The number of hydrogen-bond acceptors (Lipinski definition) is 6. The standard InChI is InChI=1S/C30H22N2O5.ClH/c1-35-24-8-9-25-18(16-24)2-3-21(17-31-22-6-10-26-19(14-22)4-12-28(33)36-26)30(25)32-23-7-11-27-20(15-23)5-13-29(34)37-27;/h4-17,32H,2-3H2,1H3;1H. The lowest BCUT2D eigenvalue weighted by Crippen LogP contribution is -3.00. The highest BCUT2D eigenvalue weighted by molar-refractivity contribution is 5.96. The van der Waals surface area contributed by atoms with Gasteiger partial charge in [0.2, 0.25) is 5.69 Å². The fraction of sp³-hybridized carbons (Fsp3) is 0.100. The minimum Gasteiger partial charge on any atom is -1.00 e. The van der Waals surface area contributed by atoms with Crippen LogP contribution in [0.3, 0.4) is 0 Å². The zero-order chi connectivity index (χ0) is 25.4. The van der Waals surface area contributed by atoms with Crippen LogP contribution < -0.4 is 38.7 Å². The van der Waals surface area contributed by atoms with Crippen molar-refractivity contribution in [3.8, 4) is 5.75 Å². The molecule has 0 atom stereocenters. The Bertz CT molecular complexity index is 1850. The van der Waals surface area contributed by atoms with Crippen molar-refractivity contribution in [2.75, 3.05) is 12.4 Å². The van der Waals surface area contributed by atoms with E-state index in [2.05, 4.69) is 22.4 Å². The first-order valence-corrected chi connectivity index (χ1v) is 11.9. The molecule has 1 aliphatic rings. The number of benzene rings is 3. The van der Waals surface area contributed by atoms with Crippen molar-refractivity contribution in [3.05, 3.63) is 116 Å². The molecule has 0 bridgehead atoms. The lowest BCUT2D eigenvalue weighted by molar-refractivity contribution is -0.347. The number of anilines is 1. The van der Waals surface area contributed by atoms with Crippen LogP contribution in [0, 0.1) is 0 Å². The first-order valence-electron chi connectivity index (χ1n) is 11.9. The molecule has 0 unspecified atom stereocenters. The largest absolute Gasteiger partial charge is 1.00 e. The van der Waals surface area contributed by atoms with Gasteiger partial charge in [-0.1, -0.05) is 0 Å². The van der Waals surface area contributed by atoms with E-state index >= 15 is 0 Å². The minimum atomic E-state index is -0.370. The van der Waals surface area contributed by atoms with Gasteiger partial charge in [0.1, 0.15) is 16.9 Å². The molecule has 6 rings (SSSR count). The number of halogens is 1. The molecule has 3 aromatic carbocycles. The number of methoxy groups -OCH3 is 1. The lowest BCUT2D eigenvalue weighted by atomic mass is 9.89. The highest BCUT2D eigenvalue weighted by Gasteiger charge is 2.21. The summed E-state index contributed by atoms with van der Waals surface area (Å²) in [5, 5.41) is 5.28. The summed E-state index contributed by atoms with van der Waals surface area (Å²) in [7, 11) is 1.67. The first kappa shape index (κ1) is 25.0. The summed E-state index contributed by atoms with van der Waals surface area (Å²) in [5.74, 6) is 0.826. The average molecular weight is 527 g/mol. The summed E-state index contributed by atoms with van der Waals surface area (Å²) in [6.07, 6.45) is 3.70. The number of fused-ring (bicyclic) bond motifs is 3. The molecular weight excluding hydrogens is 504 g/mol. The Morgan fingerprint density at radius 3 is 2.26 bits per heavy atom. The topological polar surface area (TPSA) is 95.7 Å². The summed E-state index contributed by atoms with van der Waals surface area (Å²) in [5.41, 5.74) is 6.51. The predicted molar refractivity (Wildman–Crippen MR) is 144 cm³/mol. The Balaban J connectivity index is 0.00000294. The number of ether oxygens (including phenoxy) is 1. The van der Waals surface area contributed by atoms with Crippen LogP contribution in [0.25, 0.3) is 27.6 Å². The zero-order valence-corrected chi connectivity index (χ0v) is 21.2. The number of aryl methyl sites for hydroxylation is 1. The molecule has 1 aliphatic carbocycles. The van der Waals surface area contributed by atoms with Gasteiger partial charge in [-0.3, -0.25) is 0 Å². The Morgan fingerprint density at radius 1 is 0.816 bits per heavy atom. The van der Waals surface area contributed by atoms with Crippen molar-refractivity contribution in [1.82, 2.24) is 0 Å². The second-order valence-corrected chi connectivity index (χ2v) is 8.85. The van der Waals surface area contributed by atoms with Crippen LogP contribution in [0.2, 0.25) is 0 Å². The average Bonchev–Trinajstić information content (AvgIpc) is 2.92. The maximum Gasteiger partial charge on any atom is 0.336 e.